The van der Waals surface area contributed by atoms with Crippen LogP contribution in [0.1, 0.15) is 19.8 Å². The Balaban J connectivity index is 0.00000162. The highest BCUT2D eigenvalue weighted by atomic mass is 35.5. The van der Waals surface area contributed by atoms with Crippen molar-refractivity contribution in [2.45, 2.75) is 25.8 Å². The van der Waals surface area contributed by atoms with Gasteiger partial charge in [-0.1, -0.05) is 0 Å². The number of ether oxygens (including phenoxy) is 1. The number of nitrogens with zero attached hydrogens (tertiary/aromatic N) is 1. The molecule has 7 heteroatoms. The van der Waals surface area contributed by atoms with Crippen LogP contribution in [0.2, 0.25) is 0 Å². The Morgan fingerprint density at radius 2 is 2.06 bits per heavy atom. The van der Waals surface area contributed by atoms with E-state index in [9.17, 15) is 8.42 Å². The van der Waals surface area contributed by atoms with Gasteiger partial charge < -0.3 is 10.5 Å². The Labute approximate surface area is 116 Å². The van der Waals surface area contributed by atoms with Crippen molar-refractivity contribution in [1.29, 1.82) is 0 Å². The van der Waals surface area contributed by atoms with Gasteiger partial charge in [-0.2, -0.15) is 0 Å². The summed E-state index contributed by atoms with van der Waals surface area (Å²) < 4.78 is 30.8. The van der Waals surface area contributed by atoms with E-state index in [0.29, 0.717) is 31.5 Å². The Morgan fingerprint density at radius 3 is 2.67 bits per heavy atom. The molecular weight excluding hydrogens is 276 g/mol. The second kappa shape index (κ2) is 6.52. The van der Waals surface area contributed by atoms with Crippen molar-refractivity contribution in [3.63, 3.8) is 0 Å². The molecule has 2 rings (SSSR count). The van der Waals surface area contributed by atoms with E-state index in [-0.39, 0.29) is 30.8 Å². The molecule has 1 saturated heterocycles. The summed E-state index contributed by atoms with van der Waals surface area (Å²) in [5.74, 6) is 0.943. The van der Waals surface area contributed by atoms with Crippen LogP contribution < -0.4 is 5.73 Å². The van der Waals surface area contributed by atoms with Crippen molar-refractivity contribution in [3.8, 4) is 0 Å². The van der Waals surface area contributed by atoms with E-state index in [1.807, 2.05) is 6.92 Å². The number of halogens is 1. The fourth-order valence-corrected chi connectivity index (χ4v) is 4.34. The first-order valence-corrected chi connectivity index (χ1v) is 7.96. The lowest BCUT2D eigenvalue weighted by Gasteiger charge is -2.18. The monoisotopic (exact) mass is 298 g/mol. The average molecular weight is 299 g/mol. The third-order valence-corrected chi connectivity index (χ3v) is 5.73. The third-order valence-electron chi connectivity index (χ3n) is 3.96. The van der Waals surface area contributed by atoms with Crippen molar-refractivity contribution in [2.75, 3.05) is 32.1 Å². The summed E-state index contributed by atoms with van der Waals surface area (Å²) in [6.45, 7) is 3.99. The molecule has 2 aliphatic rings. The molecule has 3 atom stereocenters. The molecule has 0 aromatic carbocycles. The lowest BCUT2D eigenvalue weighted by Crippen LogP contribution is -2.35. The van der Waals surface area contributed by atoms with Gasteiger partial charge in [0.05, 0.1) is 12.4 Å². The van der Waals surface area contributed by atoms with E-state index in [4.69, 9.17) is 10.5 Å². The fraction of sp³-hybridized carbons (Fsp3) is 1.00. The zero-order valence-electron chi connectivity index (χ0n) is 10.7. The molecule has 0 amide bonds. The van der Waals surface area contributed by atoms with Crippen LogP contribution in [0.4, 0.5) is 0 Å². The summed E-state index contributed by atoms with van der Waals surface area (Å²) in [6.07, 6.45) is 2.12. The van der Waals surface area contributed by atoms with Gasteiger partial charge in [0.15, 0.2) is 0 Å². The number of nitrogens with two attached hydrogens (primary N) is 1. The summed E-state index contributed by atoms with van der Waals surface area (Å²) in [7, 11) is -3.14. The van der Waals surface area contributed by atoms with Crippen molar-refractivity contribution < 1.29 is 13.2 Å². The zero-order chi connectivity index (χ0) is 12.5. The van der Waals surface area contributed by atoms with Crippen molar-refractivity contribution in [2.24, 2.45) is 17.6 Å². The van der Waals surface area contributed by atoms with Gasteiger partial charge in [-0.15, -0.1) is 12.4 Å². The third kappa shape index (κ3) is 3.36. The summed E-state index contributed by atoms with van der Waals surface area (Å²) in [4.78, 5) is 0. The van der Waals surface area contributed by atoms with Gasteiger partial charge in [-0.05, 0) is 31.6 Å². The van der Waals surface area contributed by atoms with Gasteiger partial charge in [0.2, 0.25) is 10.0 Å². The minimum atomic E-state index is -3.14. The van der Waals surface area contributed by atoms with Crippen LogP contribution in [0.15, 0.2) is 0 Å². The lowest BCUT2D eigenvalue weighted by molar-refractivity contribution is 0.162. The van der Waals surface area contributed by atoms with Crippen LogP contribution in [0, 0.1) is 11.8 Å². The molecule has 0 aromatic rings. The van der Waals surface area contributed by atoms with Crippen LogP contribution in [-0.4, -0.2) is 50.8 Å². The van der Waals surface area contributed by atoms with E-state index >= 15 is 0 Å². The number of hydrogen-bond donors (Lipinski definition) is 1. The molecule has 1 aliphatic heterocycles. The van der Waals surface area contributed by atoms with Crippen LogP contribution in [0.25, 0.3) is 0 Å². The molecule has 0 radical (unpaired) electrons. The van der Waals surface area contributed by atoms with Gasteiger partial charge in [-0.3, -0.25) is 0 Å². The van der Waals surface area contributed by atoms with Crippen LogP contribution in [-0.2, 0) is 14.8 Å². The van der Waals surface area contributed by atoms with Gasteiger partial charge in [0, 0.05) is 25.7 Å². The Morgan fingerprint density at radius 1 is 1.33 bits per heavy atom. The van der Waals surface area contributed by atoms with E-state index in [0.717, 1.165) is 12.8 Å². The highest BCUT2D eigenvalue weighted by Crippen LogP contribution is 2.38. The normalized spacial score (nSPS) is 32.2. The molecule has 3 unspecified atom stereocenters. The van der Waals surface area contributed by atoms with E-state index < -0.39 is 10.0 Å². The molecule has 2 fully saturated rings. The fourth-order valence-electron chi connectivity index (χ4n) is 2.93. The first-order chi connectivity index (χ1) is 8.04. The lowest BCUT2D eigenvalue weighted by atomic mass is 9.98. The summed E-state index contributed by atoms with van der Waals surface area (Å²) in [5.41, 5.74) is 6.00. The molecule has 5 nitrogen and oxygen atoms in total. The van der Waals surface area contributed by atoms with Crippen LogP contribution in [0.3, 0.4) is 0 Å². The van der Waals surface area contributed by atoms with E-state index in [2.05, 4.69) is 0 Å². The summed E-state index contributed by atoms with van der Waals surface area (Å²) in [6, 6.07) is 0.187. The van der Waals surface area contributed by atoms with Gasteiger partial charge >= 0.3 is 0 Å². The molecule has 0 spiro atoms. The summed E-state index contributed by atoms with van der Waals surface area (Å²) in [5, 5.41) is 0. The number of rotatable bonds is 5. The molecular formula is C11H23ClN2O3S. The SMILES string of the molecule is CCOCCS(=O)(=O)N1CC2CCC(N)C2C1.Cl. The average Bonchev–Trinajstić information content (AvgIpc) is 2.82. The maximum Gasteiger partial charge on any atom is 0.216 e. The predicted molar refractivity (Wildman–Crippen MR) is 73.3 cm³/mol. The highest BCUT2D eigenvalue weighted by Gasteiger charge is 2.44. The molecule has 0 aromatic heterocycles. The standard InChI is InChI=1S/C11H22N2O3S.ClH/c1-2-16-5-6-17(14,15)13-7-9-3-4-11(12)10(9)8-13;/h9-11H,2-8,12H2,1H3;1H. The van der Waals surface area contributed by atoms with Gasteiger partial charge in [-0.25, -0.2) is 12.7 Å². The first-order valence-electron chi connectivity index (χ1n) is 6.35. The highest BCUT2D eigenvalue weighted by molar-refractivity contribution is 7.89. The first kappa shape index (κ1) is 16.2. The second-order valence-electron chi connectivity index (χ2n) is 5.00. The molecule has 18 heavy (non-hydrogen) atoms. The van der Waals surface area contributed by atoms with Crippen LogP contribution in [0.5, 0.6) is 0 Å². The second-order valence-corrected chi connectivity index (χ2v) is 7.08. The maximum absolute atomic E-state index is 12.1. The zero-order valence-corrected chi connectivity index (χ0v) is 12.4. The summed E-state index contributed by atoms with van der Waals surface area (Å²) >= 11 is 0. The van der Waals surface area contributed by atoms with Gasteiger partial charge in [0.1, 0.15) is 0 Å². The van der Waals surface area contributed by atoms with Crippen molar-refractivity contribution in [1.82, 2.24) is 4.31 Å². The predicted octanol–water partition coefficient (Wildman–Crippen LogP) is 0.444. The minimum Gasteiger partial charge on any atom is -0.381 e. The Kier molecular flexibility index (Phi) is 5.86. The van der Waals surface area contributed by atoms with E-state index in [1.165, 1.54) is 0 Å². The van der Waals surface area contributed by atoms with E-state index in [1.54, 1.807) is 4.31 Å². The van der Waals surface area contributed by atoms with Gasteiger partial charge in [0.25, 0.3) is 0 Å². The smallest absolute Gasteiger partial charge is 0.216 e. The Bertz CT molecular complexity index is 363. The topological polar surface area (TPSA) is 72.6 Å². The minimum absolute atomic E-state index is 0. The molecule has 2 N–H and O–H groups in total. The largest absolute Gasteiger partial charge is 0.381 e. The van der Waals surface area contributed by atoms with Crippen LogP contribution >= 0.6 is 12.4 Å². The maximum atomic E-state index is 12.1. The molecule has 1 heterocycles. The quantitative estimate of drug-likeness (QED) is 0.748. The molecule has 1 saturated carbocycles. The molecule has 108 valence electrons. The number of sulfonamides is 1. The van der Waals surface area contributed by atoms with Crippen molar-refractivity contribution >= 4 is 22.4 Å². The van der Waals surface area contributed by atoms with Crippen molar-refractivity contribution in [3.05, 3.63) is 0 Å². The molecule has 0 bridgehead atoms. The Hall–Kier alpha value is 0.120. The number of fused-ring (bicyclic) bond motifs is 1. The molecule has 1 aliphatic carbocycles. The number of hydrogen-bond acceptors (Lipinski definition) is 4.